The van der Waals surface area contributed by atoms with E-state index >= 15 is 0 Å². The fraction of sp³-hybridized carbons (Fsp3) is 0.300. The molecule has 0 saturated heterocycles. The zero-order valence-corrected chi connectivity index (χ0v) is 16.5. The number of fused-ring (bicyclic) bond motifs is 1. The van der Waals surface area contributed by atoms with E-state index in [-0.39, 0.29) is 12.6 Å². The maximum atomic E-state index is 12.5. The maximum absolute atomic E-state index is 12.5. The molecule has 4 aromatic rings. The van der Waals surface area contributed by atoms with E-state index in [1.54, 1.807) is 29.3 Å². The van der Waals surface area contributed by atoms with E-state index in [1.165, 1.54) is 6.20 Å². The van der Waals surface area contributed by atoms with Gasteiger partial charge in [0.1, 0.15) is 11.3 Å². The summed E-state index contributed by atoms with van der Waals surface area (Å²) in [5.74, 6) is 0.104. The van der Waals surface area contributed by atoms with Crippen molar-refractivity contribution in [3.8, 4) is 22.5 Å². The van der Waals surface area contributed by atoms with Gasteiger partial charge < -0.3 is 15.4 Å². The lowest BCUT2D eigenvalue weighted by molar-refractivity contribution is 0.152. The average Bonchev–Trinajstić information content (AvgIpc) is 3.39. The van der Waals surface area contributed by atoms with Crippen LogP contribution in [0.5, 0.6) is 0 Å². The summed E-state index contributed by atoms with van der Waals surface area (Å²) in [7, 11) is 0. The Morgan fingerprint density at radius 3 is 2.87 bits per heavy atom. The molecule has 4 rings (SSSR count). The monoisotopic (exact) mass is 413 g/mol. The van der Waals surface area contributed by atoms with Gasteiger partial charge in [-0.15, -0.1) is 0 Å². The van der Waals surface area contributed by atoms with E-state index in [4.69, 9.17) is 5.10 Å². The first-order valence-electron chi connectivity index (χ1n) is 9.37. The van der Waals surface area contributed by atoms with E-state index in [2.05, 4.69) is 25.3 Å². The molecule has 0 atom stereocenters. The molecule has 0 saturated carbocycles. The number of H-pyrrole nitrogens is 1. The molecule has 4 aromatic heterocycles. The summed E-state index contributed by atoms with van der Waals surface area (Å²) < 4.78 is 26.8. The molecular formula is C20H21F2N7O. The maximum Gasteiger partial charge on any atom is 0.255 e. The molecule has 30 heavy (non-hydrogen) atoms. The van der Waals surface area contributed by atoms with E-state index in [1.807, 2.05) is 26.0 Å². The van der Waals surface area contributed by atoms with Gasteiger partial charge in [-0.1, -0.05) is 0 Å². The number of hydrogen-bond acceptors (Lipinski definition) is 6. The van der Waals surface area contributed by atoms with Crippen LogP contribution in [0.3, 0.4) is 0 Å². The predicted molar refractivity (Wildman–Crippen MR) is 109 cm³/mol. The first-order valence-corrected chi connectivity index (χ1v) is 9.37. The van der Waals surface area contributed by atoms with Crippen molar-refractivity contribution in [2.24, 2.45) is 0 Å². The van der Waals surface area contributed by atoms with E-state index < -0.39 is 18.5 Å². The highest BCUT2D eigenvalue weighted by molar-refractivity contribution is 5.85. The Bertz CT molecular complexity index is 1170. The van der Waals surface area contributed by atoms with Crippen LogP contribution in [0.2, 0.25) is 0 Å². The second-order valence-corrected chi connectivity index (χ2v) is 7.48. The quantitative estimate of drug-likeness (QED) is 0.430. The number of anilines is 1. The molecule has 0 aliphatic heterocycles. The molecule has 0 fully saturated rings. The number of alkyl halides is 2. The topological polar surface area (TPSA) is 105 Å². The highest BCUT2D eigenvalue weighted by Crippen LogP contribution is 2.33. The number of nitrogens with zero attached hydrogens (tertiary/aromatic N) is 5. The number of aliphatic hydroxyl groups is 1. The van der Waals surface area contributed by atoms with Crippen molar-refractivity contribution in [1.82, 2.24) is 29.7 Å². The summed E-state index contributed by atoms with van der Waals surface area (Å²) in [4.78, 5) is 15.9. The number of halogens is 2. The Morgan fingerprint density at radius 2 is 2.10 bits per heavy atom. The third-order valence-corrected chi connectivity index (χ3v) is 4.74. The number of aliphatic hydroxyl groups excluding tert-OH is 1. The Hall–Kier alpha value is -3.40. The minimum absolute atomic E-state index is 0.104. The molecule has 0 aliphatic carbocycles. The van der Waals surface area contributed by atoms with Crippen molar-refractivity contribution in [2.45, 2.75) is 25.8 Å². The van der Waals surface area contributed by atoms with Gasteiger partial charge in [0.2, 0.25) is 5.95 Å². The smallest absolute Gasteiger partial charge is 0.255 e. The summed E-state index contributed by atoms with van der Waals surface area (Å²) in [5.41, 5.74) is 2.69. The summed E-state index contributed by atoms with van der Waals surface area (Å²) in [5, 5.41) is 17.9. The lowest BCUT2D eigenvalue weighted by atomic mass is 10.1. The Balaban J connectivity index is 1.83. The summed E-state index contributed by atoms with van der Waals surface area (Å²) in [6, 6.07) is 5.56. The van der Waals surface area contributed by atoms with Crippen LogP contribution in [0.25, 0.3) is 33.5 Å². The van der Waals surface area contributed by atoms with Gasteiger partial charge in [0.05, 0.1) is 24.4 Å². The average molecular weight is 413 g/mol. The van der Waals surface area contributed by atoms with Crippen molar-refractivity contribution >= 4 is 17.0 Å². The zero-order chi connectivity index (χ0) is 21.3. The normalized spacial score (nSPS) is 12.1. The SMILES string of the molecule is CC(C)(CO)n1cc(-c2ccnc(NCC(F)F)n2)c(-c2cnc3[nH]ccc3c2)n1. The Labute approximate surface area is 171 Å². The van der Waals surface area contributed by atoms with E-state index in [0.717, 1.165) is 16.6 Å². The fourth-order valence-electron chi connectivity index (χ4n) is 2.99. The molecule has 0 spiro atoms. The van der Waals surface area contributed by atoms with Crippen LogP contribution < -0.4 is 5.32 Å². The zero-order valence-electron chi connectivity index (χ0n) is 16.5. The molecule has 3 N–H and O–H groups in total. The van der Waals surface area contributed by atoms with Crippen molar-refractivity contribution in [3.05, 3.63) is 43.0 Å². The second-order valence-electron chi connectivity index (χ2n) is 7.48. The van der Waals surface area contributed by atoms with Crippen molar-refractivity contribution < 1.29 is 13.9 Å². The summed E-state index contributed by atoms with van der Waals surface area (Å²) in [6.45, 7) is 3.06. The van der Waals surface area contributed by atoms with Gasteiger partial charge >= 0.3 is 0 Å². The molecule has 0 bridgehead atoms. The van der Waals surface area contributed by atoms with Gasteiger partial charge in [0.25, 0.3) is 6.43 Å². The first-order chi connectivity index (χ1) is 14.4. The first kappa shape index (κ1) is 19.9. The van der Waals surface area contributed by atoms with Crippen molar-refractivity contribution in [3.63, 3.8) is 0 Å². The minimum atomic E-state index is -2.51. The van der Waals surface area contributed by atoms with Crippen LogP contribution in [-0.4, -0.2) is 54.4 Å². The molecular weight excluding hydrogens is 392 g/mol. The molecule has 0 radical (unpaired) electrons. The molecule has 8 nitrogen and oxygen atoms in total. The molecule has 0 aliphatic rings. The lowest BCUT2D eigenvalue weighted by Crippen LogP contribution is -2.30. The number of pyridine rings is 1. The third-order valence-electron chi connectivity index (χ3n) is 4.74. The molecule has 156 valence electrons. The fourth-order valence-corrected chi connectivity index (χ4v) is 2.99. The number of rotatable bonds is 7. The highest BCUT2D eigenvalue weighted by atomic mass is 19.3. The Kier molecular flexibility index (Phi) is 5.17. The van der Waals surface area contributed by atoms with Crippen LogP contribution >= 0.6 is 0 Å². The van der Waals surface area contributed by atoms with E-state index in [9.17, 15) is 13.9 Å². The molecule has 4 heterocycles. The largest absolute Gasteiger partial charge is 0.394 e. The number of aromatic nitrogens is 6. The van der Waals surface area contributed by atoms with Crippen LogP contribution in [-0.2, 0) is 5.54 Å². The van der Waals surface area contributed by atoms with Crippen LogP contribution in [0.4, 0.5) is 14.7 Å². The number of aromatic amines is 1. The second kappa shape index (κ2) is 7.79. The van der Waals surface area contributed by atoms with Crippen LogP contribution in [0, 0.1) is 0 Å². The van der Waals surface area contributed by atoms with Gasteiger partial charge in [-0.05, 0) is 32.0 Å². The minimum Gasteiger partial charge on any atom is -0.394 e. The highest BCUT2D eigenvalue weighted by Gasteiger charge is 2.24. The Morgan fingerprint density at radius 1 is 1.27 bits per heavy atom. The molecule has 0 amide bonds. The van der Waals surface area contributed by atoms with E-state index in [0.29, 0.717) is 17.0 Å². The summed E-state index contributed by atoms with van der Waals surface area (Å²) in [6.07, 6.45) is 4.29. The predicted octanol–water partition coefficient (Wildman–Crippen LogP) is 3.29. The standard InChI is InChI=1S/C20H21F2N7O/c1-20(2,11-30)29-10-14(15-4-6-24-19(27-15)26-9-16(21)22)17(28-29)13-7-12-3-5-23-18(12)25-8-13/h3-8,10,16,30H,9,11H2,1-2H3,(H,23,25)(H,24,26,27). The van der Waals surface area contributed by atoms with Crippen LogP contribution in [0.15, 0.2) is 43.0 Å². The van der Waals surface area contributed by atoms with Gasteiger partial charge in [0.15, 0.2) is 0 Å². The number of hydrogen-bond donors (Lipinski definition) is 3. The third kappa shape index (κ3) is 3.86. The van der Waals surface area contributed by atoms with Crippen LogP contribution in [0.1, 0.15) is 13.8 Å². The van der Waals surface area contributed by atoms with Crippen molar-refractivity contribution in [2.75, 3.05) is 18.5 Å². The van der Waals surface area contributed by atoms with Gasteiger partial charge in [-0.3, -0.25) is 4.68 Å². The summed E-state index contributed by atoms with van der Waals surface area (Å²) >= 11 is 0. The molecule has 10 heteroatoms. The van der Waals surface area contributed by atoms with Crippen molar-refractivity contribution in [1.29, 1.82) is 0 Å². The van der Waals surface area contributed by atoms with Gasteiger partial charge in [-0.2, -0.15) is 5.10 Å². The van der Waals surface area contributed by atoms with Gasteiger partial charge in [0, 0.05) is 41.3 Å². The molecule has 0 aromatic carbocycles. The molecule has 0 unspecified atom stereocenters. The number of nitrogens with one attached hydrogen (secondary N) is 2. The lowest BCUT2D eigenvalue weighted by Gasteiger charge is -2.22. The van der Waals surface area contributed by atoms with Gasteiger partial charge in [-0.25, -0.2) is 23.7 Å².